The first-order valence-electron chi connectivity index (χ1n) is 13.0. The lowest BCUT2D eigenvalue weighted by molar-refractivity contribution is -0.113. The molecule has 3 aliphatic rings. The summed E-state index contributed by atoms with van der Waals surface area (Å²) in [7, 11) is 0. The fourth-order valence-electron chi connectivity index (χ4n) is 5.60. The number of rotatable bonds is 6. The third-order valence-corrected chi connectivity index (χ3v) is 8.84. The summed E-state index contributed by atoms with van der Waals surface area (Å²) in [4.78, 5) is 36.4. The molecule has 9 nitrogen and oxygen atoms in total. The number of nitrogens with one attached hydrogen (secondary N) is 1. The molecule has 0 unspecified atom stereocenters. The van der Waals surface area contributed by atoms with Gasteiger partial charge in [0.05, 0.1) is 41.2 Å². The van der Waals surface area contributed by atoms with E-state index in [9.17, 15) is 14.7 Å². The first-order chi connectivity index (χ1) is 18.4. The summed E-state index contributed by atoms with van der Waals surface area (Å²) >= 11 is 1.49. The Labute approximate surface area is 224 Å². The van der Waals surface area contributed by atoms with Crippen molar-refractivity contribution in [2.24, 2.45) is 0 Å². The average Bonchev–Trinajstić information content (AvgIpc) is 3.25. The highest BCUT2D eigenvalue weighted by Crippen LogP contribution is 2.45. The molecule has 2 fully saturated rings. The van der Waals surface area contributed by atoms with Crippen molar-refractivity contribution in [2.45, 2.75) is 61.5 Å². The van der Waals surface area contributed by atoms with Crippen LogP contribution >= 0.6 is 11.8 Å². The Bertz CT molecular complexity index is 1410. The minimum Gasteiger partial charge on any atom is -0.478 e. The lowest BCUT2D eigenvalue weighted by Crippen LogP contribution is -2.45. The number of aliphatic hydroxyl groups is 1. The highest BCUT2D eigenvalue weighted by Gasteiger charge is 2.50. The number of hydrogen-bond donors (Lipinski definition) is 2. The number of fused-ring (bicyclic) bond motifs is 2. The minimum absolute atomic E-state index is 0.0445. The summed E-state index contributed by atoms with van der Waals surface area (Å²) < 4.78 is 11.5. The normalized spacial score (nSPS) is 24.8. The molecule has 2 aromatic heterocycles. The number of thioether (sulfide) groups is 1. The van der Waals surface area contributed by atoms with Crippen molar-refractivity contribution < 1.29 is 24.2 Å². The summed E-state index contributed by atoms with van der Waals surface area (Å²) in [6.45, 7) is 2.90. The van der Waals surface area contributed by atoms with Gasteiger partial charge in [0.25, 0.3) is 0 Å². The van der Waals surface area contributed by atoms with Gasteiger partial charge in [0.15, 0.2) is 0 Å². The Kier molecular flexibility index (Phi) is 6.39. The van der Waals surface area contributed by atoms with Gasteiger partial charge in [0.1, 0.15) is 5.60 Å². The SMILES string of the molecule is CCOc1ccc2nccc(CCC3(O)CCC4(CC3)CN(c3ccc5c(c3)NC(=O)CS5)C(=O)O4)c2n1. The Hall–Kier alpha value is -3.37. The molecular weight excluding hydrogens is 504 g/mol. The highest BCUT2D eigenvalue weighted by molar-refractivity contribution is 8.00. The lowest BCUT2D eigenvalue weighted by atomic mass is 9.73. The number of carbonyl (C=O) groups excluding carboxylic acids is 2. The highest BCUT2D eigenvalue weighted by atomic mass is 32.2. The van der Waals surface area contributed by atoms with Crippen LogP contribution in [0, 0.1) is 0 Å². The van der Waals surface area contributed by atoms with Crippen LogP contribution in [0.3, 0.4) is 0 Å². The second-order valence-electron chi connectivity index (χ2n) is 10.3. The molecule has 1 saturated carbocycles. The third kappa shape index (κ3) is 4.78. The molecule has 198 valence electrons. The second kappa shape index (κ2) is 9.74. The van der Waals surface area contributed by atoms with Gasteiger partial charge < -0.3 is 19.9 Å². The van der Waals surface area contributed by atoms with E-state index in [1.54, 1.807) is 11.1 Å². The van der Waals surface area contributed by atoms with Crippen LogP contribution in [0.5, 0.6) is 5.88 Å². The van der Waals surface area contributed by atoms with E-state index in [1.165, 1.54) is 11.8 Å². The van der Waals surface area contributed by atoms with Crippen molar-refractivity contribution in [3.8, 4) is 5.88 Å². The van der Waals surface area contributed by atoms with Crippen LogP contribution in [0.1, 0.15) is 44.6 Å². The quantitative estimate of drug-likeness (QED) is 0.468. The summed E-state index contributed by atoms with van der Waals surface area (Å²) in [5.74, 6) is 0.920. The zero-order chi connectivity index (χ0) is 26.3. The zero-order valence-corrected chi connectivity index (χ0v) is 22.1. The zero-order valence-electron chi connectivity index (χ0n) is 21.2. The van der Waals surface area contributed by atoms with Crippen LogP contribution < -0.4 is 15.0 Å². The van der Waals surface area contributed by atoms with E-state index in [0.717, 1.165) is 27.2 Å². The maximum atomic E-state index is 12.9. The topological polar surface area (TPSA) is 114 Å². The molecule has 0 bridgehead atoms. The molecule has 2 aliphatic heterocycles. The van der Waals surface area contributed by atoms with Crippen molar-refractivity contribution in [2.75, 3.05) is 29.1 Å². The molecule has 2 amide bonds. The van der Waals surface area contributed by atoms with E-state index in [1.807, 2.05) is 43.3 Å². The molecule has 0 atom stereocenters. The van der Waals surface area contributed by atoms with E-state index in [2.05, 4.69) is 15.3 Å². The Balaban J connectivity index is 1.12. The van der Waals surface area contributed by atoms with Gasteiger partial charge in [-0.15, -0.1) is 11.8 Å². The monoisotopic (exact) mass is 534 g/mol. The van der Waals surface area contributed by atoms with Gasteiger partial charge in [-0.3, -0.25) is 14.7 Å². The van der Waals surface area contributed by atoms with Crippen LogP contribution in [-0.2, 0) is 16.0 Å². The largest absolute Gasteiger partial charge is 0.478 e. The lowest BCUT2D eigenvalue weighted by Gasteiger charge is -2.40. The van der Waals surface area contributed by atoms with Gasteiger partial charge in [-0.05, 0) is 81.3 Å². The number of aromatic nitrogens is 2. The predicted octanol–water partition coefficient (Wildman–Crippen LogP) is 4.71. The Morgan fingerprint density at radius 2 is 2.00 bits per heavy atom. The summed E-state index contributed by atoms with van der Waals surface area (Å²) in [6.07, 6.45) is 4.91. The number of hydrogen-bond acceptors (Lipinski definition) is 8. The van der Waals surface area contributed by atoms with Gasteiger partial charge in [-0.25, -0.2) is 9.78 Å². The van der Waals surface area contributed by atoms with E-state index in [4.69, 9.17) is 9.47 Å². The van der Waals surface area contributed by atoms with Crippen molar-refractivity contribution in [3.05, 3.63) is 48.2 Å². The second-order valence-corrected chi connectivity index (χ2v) is 11.3. The molecule has 3 aromatic rings. The van der Waals surface area contributed by atoms with Gasteiger partial charge in [0, 0.05) is 22.8 Å². The van der Waals surface area contributed by atoms with Crippen LogP contribution in [0.4, 0.5) is 16.2 Å². The maximum Gasteiger partial charge on any atom is 0.415 e. The van der Waals surface area contributed by atoms with E-state index < -0.39 is 11.2 Å². The van der Waals surface area contributed by atoms with Gasteiger partial charge in [-0.1, -0.05) is 0 Å². The number of pyridine rings is 2. The van der Waals surface area contributed by atoms with E-state index >= 15 is 0 Å². The van der Waals surface area contributed by atoms with Crippen molar-refractivity contribution in [3.63, 3.8) is 0 Å². The standard InChI is InChI=1S/C28H30N4O5S/c1-2-36-24-6-4-20-25(31-24)18(8-14-29-20)7-9-27(35)10-12-28(13-11-27)17-32(26(34)37-28)19-3-5-22-21(15-19)30-23(33)16-38-22/h3-6,8,14-15,35H,2,7,9-13,16-17H2,1H3,(H,30,33). The fraction of sp³-hybridized carbons (Fsp3) is 0.429. The average molecular weight is 535 g/mol. The Morgan fingerprint density at radius 1 is 1.16 bits per heavy atom. The predicted molar refractivity (Wildman–Crippen MR) is 145 cm³/mol. The number of benzene rings is 1. The molecule has 1 aliphatic carbocycles. The van der Waals surface area contributed by atoms with Crippen LogP contribution in [-0.4, -0.2) is 57.2 Å². The van der Waals surface area contributed by atoms with E-state index in [0.29, 0.717) is 69.0 Å². The number of aryl methyl sites for hydroxylation is 1. The van der Waals surface area contributed by atoms with Crippen LogP contribution in [0.25, 0.3) is 11.0 Å². The van der Waals surface area contributed by atoms with E-state index in [-0.39, 0.29) is 12.0 Å². The molecule has 1 spiro atoms. The molecule has 6 rings (SSSR count). The smallest absolute Gasteiger partial charge is 0.415 e. The van der Waals surface area contributed by atoms with Gasteiger partial charge in [0.2, 0.25) is 11.8 Å². The molecular formula is C28H30N4O5S. The summed E-state index contributed by atoms with van der Waals surface area (Å²) in [5, 5.41) is 14.3. The fourth-order valence-corrected chi connectivity index (χ4v) is 6.39. The molecule has 1 aromatic carbocycles. The minimum atomic E-state index is -0.842. The molecule has 1 saturated heterocycles. The first-order valence-corrected chi connectivity index (χ1v) is 14.0. The Morgan fingerprint density at radius 3 is 2.82 bits per heavy atom. The third-order valence-electron chi connectivity index (χ3n) is 7.76. The number of anilines is 2. The first kappa shape index (κ1) is 24.9. The number of amides is 2. The van der Waals surface area contributed by atoms with Crippen LogP contribution in [0.2, 0.25) is 0 Å². The van der Waals surface area contributed by atoms with Crippen LogP contribution in [0.15, 0.2) is 47.5 Å². The number of nitrogens with zero attached hydrogens (tertiary/aromatic N) is 3. The number of carbonyl (C=O) groups is 2. The molecule has 38 heavy (non-hydrogen) atoms. The van der Waals surface area contributed by atoms with Crippen molar-refractivity contribution in [1.29, 1.82) is 0 Å². The summed E-state index contributed by atoms with van der Waals surface area (Å²) in [5.41, 5.74) is 2.61. The van der Waals surface area contributed by atoms with Crippen molar-refractivity contribution >= 4 is 46.2 Å². The molecule has 2 N–H and O–H groups in total. The van der Waals surface area contributed by atoms with Gasteiger partial charge in [-0.2, -0.15) is 0 Å². The molecule has 0 radical (unpaired) electrons. The number of ether oxygens (including phenoxy) is 2. The molecule has 4 heterocycles. The summed E-state index contributed by atoms with van der Waals surface area (Å²) in [6, 6.07) is 11.3. The maximum absolute atomic E-state index is 12.9. The van der Waals surface area contributed by atoms with Crippen molar-refractivity contribution in [1.82, 2.24) is 9.97 Å². The molecule has 10 heteroatoms. The van der Waals surface area contributed by atoms with Gasteiger partial charge >= 0.3 is 6.09 Å².